The molecule has 2 aromatic carbocycles. The van der Waals surface area contributed by atoms with Crippen LogP contribution >= 0.6 is 9.42 Å². The molecule has 2 aliphatic carbocycles. The number of halogens is 1. The van der Waals surface area contributed by atoms with Gasteiger partial charge in [-0.25, -0.2) is 0 Å². The van der Waals surface area contributed by atoms with E-state index in [0.29, 0.717) is 0 Å². The summed E-state index contributed by atoms with van der Waals surface area (Å²) in [5.74, 6) is -4.02. The molecule has 0 amide bonds. The molecule has 1 aliphatic heterocycles. The van der Waals surface area contributed by atoms with Crippen molar-refractivity contribution in [2.45, 2.75) is 56.3 Å². The number of aliphatic hydroxyl groups excluding tert-OH is 1. The summed E-state index contributed by atoms with van der Waals surface area (Å²) in [5.41, 5.74) is 4.68. The molecule has 1 fully saturated rings. The summed E-state index contributed by atoms with van der Waals surface area (Å²) < 4.78 is 17.2. The van der Waals surface area contributed by atoms with Crippen LogP contribution in [0.25, 0.3) is 5.73 Å². The second-order valence-corrected chi connectivity index (χ2v) is 10.3. The van der Waals surface area contributed by atoms with E-state index < -0.39 is 89.6 Å². The van der Waals surface area contributed by atoms with Crippen molar-refractivity contribution in [2.24, 2.45) is 5.92 Å². The number of carbonyl (C=O) groups excluding carboxylic acids is 3. The predicted octanol–water partition coefficient (Wildman–Crippen LogP) is 3.32. The van der Waals surface area contributed by atoms with Gasteiger partial charge in [0.25, 0.3) is 0 Å². The molecule has 1 heterocycles. The van der Waals surface area contributed by atoms with Gasteiger partial charge in [0.2, 0.25) is 5.78 Å². The number of phenols is 2. The van der Waals surface area contributed by atoms with Gasteiger partial charge in [0.15, 0.2) is 17.9 Å². The zero-order valence-electron chi connectivity index (χ0n) is 23.1. The Balaban J connectivity index is 0.00000158. The van der Waals surface area contributed by atoms with Crippen molar-refractivity contribution in [3.05, 3.63) is 71.7 Å². The molecule has 2 aromatic rings. The van der Waals surface area contributed by atoms with Crippen molar-refractivity contribution in [2.75, 3.05) is 13.7 Å². The Kier molecular flexibility index (Phi) is 10.6. The van der Waals surface area contributed by atoms with Gasteiger partial charge >= 0.3 is 28.2 Å². The first-order valence-corrected chi connectivity index (χ1v) is 15.5. The number of benzene rings is 2. The topological polar surface area (TPSA) is 184 Å². The van der Waals surface area contributed by atoms with Crippen LogP contribution in [0.3, 0.4) is 0 Å². The van der Waals surface area contributed by atoms with Gasteiger partial charge in [-0.2, -0.15) is 5.92 Å². The quantitative estimate of drug-likeness (QED) is 0.221. The van der Waals surface area contributed by atoms with E-state index in [1.807, 2.05) is 0 Å². The third-order valence-electron chi connectivity index (χ3n) is 7.93. The molecule has 0 radical (unpaired) electrons. The number of hydrogen-bond acceptors (Lipinski definition) is 10. The molecule has 0 spiro atoms. The van der Waals surface area contributed by atoms with E-state index in [-0.39, 0.29) is 47.8 Å². The molecule has 5 N–H and O–H groups in total. The number of methoxy groups -OCH3 is 1. The number of ketones is 3. The fourth-order valence-electron chi connectivity index (χ4n) is 5.82. The van der Waals surface area contributed by atoms with Crippen LogP contribution in [0.1, 0.15) is 68.8 Å². The van der Waals surface area contributed by atoms with Gasteiger partial charge in [0, 0.05) is 35.6 Å². The van der Waals surface area contributed by atoms with Crippen molar-refractivity contribution in [3.63, 3.8) is 0 Å². The number of carbonyl (C=O) groups is 3. The number of aromatic hydroxyl groups is 2. The predicted molar refractivity (Wildman–Crippen MR) is 147 cm³/mol. The Morgan fingerprint density at radius 3 is 2.43 bits per heavy atom. The van der Waals surface area contributed by atoms with Gasteiger partial charge in [-0.3, -0.25) is 14.4 Å². The normalized spacial score (nSPS) is 27.9. The number of Topliss-reactive ketones (excluding diaryl/α,β-unsaturated/α-hetero) is 1. The van der Waals surface area contributed by atoms with Crippen LogP contribution in [-0.4, -0.2) is 75.5 Å². The zero-order chi connectivity index (χ0) is 30.4. The van der Waals surface area contributed by atoms with Crippen molar-refractivity contribution >= 4 is 26.8 Å². The summed E-state index contributed by atoms with van der Waals surface area (Å²) >= 11 is 1.61. The van der Waals surface area contributed by atoms with Gasteiger partial charge in [-0.15, -0.1) is 6.04 Å². The molecule has 5 rings (SSSR count). The van der Waals surface area contributed by atoms with Crippen LogP contribution in [0, 0.1) is 20.3 Å². The fourth-order valence-corrected chi connectivity index (χ4v) is 5.82. The van der Waals surface area contributed by atoms with Crippen LogP contribution in [0.15, 0.2) is 18.2 Å². The van der Waals surface area contributed by atoms with Crippen molar-refractivity contribution < 1.29 is 67.8 Å². The first-order chi connectivity index (χ1) is 19.4. The van der Waals surface area contributed by atoms with Gasteiger partial charge in [-0.05, 0) is 19.4 Å². The Hall–Kier alpha value is -2.37. The number of aliphatic hydroxyl groups is 2. The maximum absolute atomic E-state index is 13.7. The molecule has 233 valence electrons. The van der Waals surface area contributed by atoms with E-state index in [1.54, 1.807) is 25.7 Å². The van der Waals surface area contributed by atoms with E-state index in [1.165, 1.54) is 25.3 Å². The summed E-state index contributed by atoms with van der Waals surface area (Å²) in [5, 5.41) is 43.6. The molecule has 3 unspecified atom stereocenters. The van der Waals surface area contributed by atoms with Gasteiger partial charge in [-0.1, -0.05) is 12.1 Å². The minimum absolute atomic E-state index is 0. The summed E-state index contributed by atoms with van der Waals surface area (Å²) in [6.07, 6.45) is -3.59. The maximum atomic E-state index is 13.7. The molecular weight excluding hydrogens is 753 g/mol. The number of fused-ring (bicyclic) bond motifs is 3. The summed E-state index contributed by atoms with van der Waals surface area (Å²) in [6.45, 7) is 4.64. The first kappa shape index (κ1) is 34.1. The second kappa shape index (κ2) is 13.1. The third kappa shape index (κ3) is 5.52. The van der Waals surface area contributed by atoms with Crippen LogP contribution in [-0.2, 0) is 39.5 Å². The van der Waals surface area contributed by atoms with E-state index >= 15 is 0 Å². The Morgan fingerprint density at radius 1 is 1.19 bits per heavy atom. The number of ether oxygens (including phenoxy) is 3. The standard InChI is InChI=1S/C28H29NO10.CH3.ClH.Pt/c1-11-7-18(38-12(2)23(11)29)39-16-9-28(36,17(31)10-30)8-14-20(16)27(35)22-21(25(14)33)24(32)13-5-4-6-15(37-3)19(13)26(22)34;;;/h4-6,11-12,16,18,23,29-30,33,35-36H,1,7-10H2,2-3H3;1H3;1H;/q-2;-1;;+1/p-1/t11?,12?,16?,18-,23+,28-;;;/m0.../s1. The Bertz CT molecular complexity index is 1390. The van der Waals surface area contributed by atoms with Gasteiger partial charge in [0.05, 0.1) is 29.9 Å². The van der Waals surface area contributed by atoms with Gasteiger partial charge < -0.3 is 54.7 Å². The molecular formula is C29H32ClNO10Pt-3. The molecule has 0 bridgehead atoms. The monoisotopic (exact) mass is 784 g/mol. The average molecular weight is 785 g/mol. The van der Waals surface area contributed by atoms with Crippen molar-refractivity contribution in [3.8, 4) is 17.2 Å². The molecule has 11 nitrogen and oxygen atoms in total. The van der Waals surface area contributed by atoms with Crippen LogP contribution in [0.2, 0.25) is 0 Å². The van der Waals surface area contributed by atoms with Crippen molar-refractivity contribution in [1.82, 2.24) is 0 Å². The summed E-state index contributed by atoms with van der Waals surface area (Å²) in [6, 6.07) is 3.78. The van der Waals surface area contributed by atoms with Crippen LogP contribution in [0.5, 0.6) is 17.2 Å². The Labute approximate surface area is 258 Å². The first-order valence-electron chi connectivity index (χ1n) is 12.6. The van der Waals surface area contributed by atoms with E-state index in [9.17, 15) is 34.8 Å². The van der Waals surface area contributed by atoms with Gasteiger partial charge in [0.1, 0.15) is 29.5 Å². The molecule has 13 heteroatoms. The molecule has 3 aliphatic rings. The molecule has 0 aromatic heterocycles. The number of phenolic OH excluding ortho intramolecular Hbond substituents is 2. The minimum atomic E-state index is -2.21. The fraction of sp³-hybridized carbons (Fsp3) is 0.414. The number of rotatable bonds is 5. The third-order valence-corrected chi connectivity index (χ3v) is 7.93. The molecule has 42 heavy (non-hydrogen) atoms. The van der Waals surface area contributed by atoms with Crippen LogP contribution < -0.4 is 4.74 Å². The van der Waals surface area contributed by atoms with E-state index in [0.717, 1.165) is 0 Å². The SMILES string of the molecule is [CH2-]C1C[C@H](OC2C[C@](O)(C(=O)CO)Cc3c(O)c4c(c(O)c32)C(=O)c2c(OC)cccc2C4=O)OC(C)[C@@H]1[NH-].[CH3-].[Cl][Pt]. The van der Waals surface area contributed by atoms with Crippen molar-refractivity contribution in [1.29, 1.82) is 0 Å². The van der Waals surface area contributed by atoms with Crippen LogP contribution in [0.4, 0.5) is 0 Å². The average Bonchev–Trinajstić information content (AvgIpc) is 2.96. The second-order valence-electron chi connectivity index (χ2n) is 10.3. The number of nitrogens with one attached hydrogen (secondary N) is 1. The van der Waals surface area contributed by atoms with E-state index in [2.05, 4.69) is 16.3 Å². The molecule has 0 saturated carbocycles. The van der Waals surface area contributed by atoms with E-state index in [4.69, 9.17) is 19.9 Å². The molecule has 6 atom stereocenters. The summed E-state index contributed by atoms with van der Waals surface area (Å²) in [4.78, 5) is 39.8. The summed E-state index contributed by atoms with van der Waals surface area (Å²) in [7, 11) is 5.94. The zero-order valence-corrected chi connectivity index (χ0v) is 26.1. The molecule has 1 saturated heterocycles. The Morgan fingerprint density at radius 2 is 1.83 bits per heavy atom. The number of hydrogen-bond donors (Lipinski definition) is 4.